The van der Waals surface area contributed by atoms with Crippen molar-refractivity contribution in [3.8, 4) is 0 Å². The lowest BCUT2D eigenvalue weighted by atomic mass is 10.1. The molecule has 3 aromatic carbocycles. The molecule has 6 nitrogen and oxygen atoms in total. The van der Waals surface area contributed by atoms with Crippen LogP contribution in [0.3, 0.4) is 0 Å². The minimum Gasteiger partial charge on any atom is -0.459 e. The average Bonchev–Trinajstić information content (AvgIpc) is 3.27. The first-order chi connectivity index (χ1) is 17.0. The summed E-state index contributed by atoms with van der Waals surface area (Å²) >= 11 is 6.02. The molecule has 0 saturated heterocycles. The zero-order chi connectivity index (χ0) is 24.6. The highest BCUT2D eigenvalue weighted by Gasteiger charge is 2.25. The van der Waals surface area contributed by atoms with E-state index in [2.05, 4.69) is 10.3 Å². The monoisotopic (exact) mass is 494 g/mol. The predicted octanol–water partition coefficient (Wildman–Crippen LogP) is 5.58. The number of hydrogen-bond acceptors (Lipinski definition) is 4. The highest BCUT2D eigenvalue weighted by Crippen LogP contribution is 2.21. The van der Waals surface area contributed by atoms with Crippen molar-refractivity contribution < 1.29 is 23.5 Å². The lowest BCUT2D eigenvalue weighted by molar-refractivity contribution is -0.147. The van der Waals surface area contributed by atoms with Crippen molar-refractivity contribution >= 4 is 34.6 Å². The maximum atomic E-state index is 14.0. The number of rotatable bonds is 9. The lowest BCUT2D eigenvalue weighted by Gasteiger charge is -2.18. The van der Waals surface area contributed by atoms with Crippen molar-refractivity contribution in [2.24, 2.45) is 0 Å². The highest BCUT2D eigenvalue weighted by molar-refractivity contribution is 6.31. The Balaban J connectivity index is 1.42. The van der Waals surface area contributed by atoms with Gasteiger partial charge in [-0.15, -0.1) is 0 Å². The van der Waals surface area contributed by atoms with Crippen LogP contribution in [0.25, 0.3) is 10.9 Å². The number of ether oxygens (including phenoxy) is 2. The number of hydrogen-bond donors (Lipinski definition) is 2. The van der Waals surface area contributed by atoms with E-state index in [9.17, 15) is 14.0 Å². The van der Waals surface area contributed by atoms with E-state index in [0.29, 0.717) is 0 Å². The smallest absolute Gasteiger partial charge is 0.407 e. The van der Waals surface area contributed by atoms with Crippen molar-refractivity contribution in [2.45, 2.75) is 25.5 Å². The second kappa shape index (κ2) is 11.5. The molecule has 4 aromatic rings. The normalized spacial score (nSPS) is 11.7. The Morgan fingerprint density at radius 3 is 2.54 bits per heavy atom. The number of aromatic amines is 1. The Bertz CT molecular complexity index is 1290. The summed E-state index contributed by atoms with van der Waals surface area (Å²) in [6.07, 6.45) is 1.30. The van der Waals surface area contributed by atoms with Gasteiger partial charge >= 0.3 is 12.1 Å². The highest BCUT2D eigenvalue weighted by atomic mass is 35.5. The summed E-state index contributed by atoms with van der Waals surface area (Å²) in [4.78, 5) is 28.6. The molecule has 0 radical (unpaired) electrons. The van der Waals surface area contributed by atoms with Crippen LogP contribution in [0, 0.1) is 5.82 Å². The van der Waals surface area contributed by atoms with E-state index in [4.69, 9.17) is 21.1 Å². The SMILES string of the molecule is O=C(NC(Cc1c[nH]c2ccccc12)C(=O)OCc1ccccc1)OCCc1c(F)cccc1Cl. The number of fused-ring (bicyclic) bond motifs is 1. The zero-order valence-corrected chi connectivity index (χ0v) is 19.6. The van der Waals surface area contributed by atoms with E-state index < -0.39 is 23.9 Å². The molecule has 0 aliphatic heterocycles. The van der Waals surface area contributed by atoms with Gasteiger partial charge in [0.1, 0.15) is 18.5 Å². The van der Waals surface area contributed by atoms with Gasteiger partial charge in [-0.3, -0.25) is 0 Å². The standard InChI is InChI=1S/C27H24ClFN2O4/c28-22-10-6-11-23(29)21(22)13-14-34-27(33)31-25(26(32)35-17-18-7-2-1-3-8-18)15-19-16-30-24-12-5-4-9-20(19)24/h1-12,16,25,30H,13-15,17H2,(H,31,33). The summed E-state index contributed by atoms with van der Waals surface area (Å²) in [6.45, 7) is -0.0298. The molecule has 0 saturated carbocycles. The van der Waals surface area contributed by atoms with E-state index in [1.165, 1.54) is 12.1 Å². The Morgan fingerprint density at radius 1 is 0.971 bits per heavy atom. The Hall–Kier alpha value is -3.84. The number of H-pyrrole nitrogens is 1. The van der Waals surface area contributed by atoms with E-state index in [0.717, 1.165) is 22.0 Å². The second-order valence-corrected chi connectivity index (χ2v) is 8.35. The molecule has 0 spiro atoms. The molecule has 1 unspecified atom stereocenters. The van der Waals surface area contributed by atoms with Gasteiger partial charge in [0.05, 0.1) is 6.61 Å². The molecule has 1 amide bonds. The van der Waals surface area contributed by atoms with Crippen molar-refractivity contribution in [1.82, 2.24) is 10.3 Å². The quantitative estimate of drug-likeness (QED) is 0.297. The van der Waals surface area contributed by atoms with E-state index in [1.54, 1.807) is 12.3 Å². The first kappa shape index (κ1) is 24.3. The summed E-state index contributed by atoms with van der Waals surface area (Å²) in [6, 6.07) is 20.3. The molecule has 0 fully saturated rings. The summed E-state index contributed by atoms with van der Waals surface area (Å²) in [7, 11) is 0. The van der Waals surface area contributed by atoms with Gasteiger partial charge in [-0.25, -0.2) is 14.0 Å². The molecule has 2 N–H and O–H groups in total. The number of para-hydroxylation sites is 1. The number of esters is 1. The van der Waals surface area contributed by atoms with Gasteiger partial charge < -0.3 is 19.8 Å². The summed E-state index contributed by atoms with van der Waals surface area (Å²) in [5.41, 5.74) is 2.86. The Kier molecular flexibility index (Phi) is 8.00. The number of halogens is 2. The lowest BCUT2D eigenvalue weighted by Crippen LogP contribution is -2.43. The fourth-order valence-electron chi connectivity index (χ4n) is 3.74. The number of carbonyl (C=O) groups excluding carboxylic acids is 2. The number of aromatic nitrogens is 1. The molecule has 8 heteroatoms. The van der Waals surface area contributed by atoms with Crippen molar-refractivity contribution in [1.29, 1.82) is 0 Å². The van der Waals surface area contributed by atoms with Crippen LogP contribution in [0.2, 0.25) is 5.02 Å². The Morgan fingerprint density at radius 2 is 1.74 bits per heavy atom. The van der Waals surface area contributed by atoms with Crippen LogP contribution in [0.5, 0.6) is 0 Å². The van der Waals surface area contributed by atoms with E-state index in [1.807, 2.05) is 54.6 Å². The van der Waals surface area contributed by atoms with Crippen molar-refractivity contribution in [2.75, 3.05) is 6.61 Å². The van der Waals surface area contributed by atoms with E-state index in [-0.39, 0.29) is 36.6 Å². The van der Waals surface area contributed by atoms with Gasteiger partial charge in [0.15, 0.2) is 0 Å². The van der Waals surface area contributed by atoms with Crippen LogP contribution >= 0.6 is 11.6 Å². The fraction of sp³-hybridized carbons (Fsp3) is 0.185. The third-order valence-electron chi connectivity index (χ3n) is 5.55. The van der Waals surface area contributed by atoms with Gasteiger partial charge in [-0.2, -0.15) is 0 Å². The molecular formula is C27H24ClFN2O4. The van der Waals surface area contributed by atoms with Crippen molar-refractivity contribution in [3.05, 3.63) is 107 Å². The maximum Gasteiger partial charge on any atom is 0.407 e. The first-order valence-electron chi connectivity index (χ1n) is 11.1. The molecule has 180 valence electrons. The number of benzene rings is 3. The van der Waals surface area contributed by atoms with Crippen LogP contribution in [-0.4, -0.2) is 29.7 Å². The zero-order valence-electron chi connectivity index (χ0n) is 18.8. The molecule has 35 heavy (non-hydrogen) atoms. The molecule has 1 atom stereocenters. The minimum absolute atomic E-state index is 0.0760. The van der Waals surface area contributed by atoms with Crippen LogP contribution in [0.4, 0.5) is 9.18 Å². The van der Waals surface area contributed by atoms with E-state index >= 15 is 0 Å². The van der Waals surface area contributed by atoms with Crippen LogP contribution in [0.1, 0.15) is 16.7 Å². The Labute approximate surface area is 207 Å². The summed E-state index contributed by atoms with van der Waals surface area (Å²) < 4.78 is 24.6. The van der Waals surface area contributed by atoms with Gasteiger partial charge in [-0.1, -0.05) is 66.2 Å². The average molecular weight is 495 g/mol. The third kappa shape index (κ3) is 6.39. The van der Waals surface area contributed by atoms with Gasteiger partial charge in [0.2, 0.25) is 0 Å². The molecule has 1 heterocycles. The van der Waals surface area contributed by atoms with Gasteiger partial charge in [0, 0.05) is 40.5 Å². The topological polar surface area (TPSA) is 80.4 Å². The third-order valence-corrected chi connectivity index (χ3v) is 5.90. The molecule has 0 bridgehead atoms. The molecule has 4 rings (SSSR count). The second-order valence-electron chi connectivity index (χ2n) is 7.94. The molecule has 0 aliphatic rings. The van der Waals surface area contributed by atoms with Crippen LogP contribution in [0.15, 0.2) is 79.0 Å². The molecule has 1 aromatic heterocycles. The summed E-state index contributed by atoms with van der Waals surface area (Å²) in [5, 5.41) is 3.80. The first-order valence-corrected chi connectivity index (χ1v) is 11.5. The largest absolute Gasteiger partial charge is 0.459 e. The molecule has 0 aliphatic carbocycles. The number of alkyl carbamates (subject to hydrolysis) is 1. The van der Waals surface area contributed by atoms with Crippen molar-refractivity contribution in [3.63, 3.8) is 0 Å². The van der Waals surface area contributed by atoms with Crippen LogP contribution in [-0.2, 0) is 33.7 Å². The maximum absolute atomic E-state index is 14.0. The van der Waals surface area contributed by atoms with Gasteiger partial charge in [-0.05, 0) is 29.3 Å². The number of nitrogens with one attached hydrogen (secondary N) is 2. The molecular weight excluding hydrogens is 471 g/mol. The summed E-state index contributed by atoms with van der Waals surface area (Å²) in [5.74, 6) is -1.06. The van der Waals surface area contributed by atoms with Gasteiger partial charge in [0.25, 0.3) is 0 Å². The van der Waals surface area contributed by atoms with Crippen LogP contribution < -0.4 is 5.32 Å². The fourth-order valence-corrected chi connectivity index (χ4v) is 4.00. The number of amides is 1. The number of carbonyl (C=O) groups is 2. The predicted molar refractivity (Wildman–Crippen MR) is 132 cm³/mol. The minimum atomic E-state index is -0.984.